The van der Waals surface area contributed by atoms with Crippen molar-refractivity contribution in [2.75, 3.05) is 13.1 Å². The van der Waals surface area contributed by atoms with Gasteiger partial charge < -0.3 is 10.0 Å². The van der Waals surface area contributed by atoms with Crippen LogP contribution in [0.25, 0.3) is 11.0 Å². The van der Waals surface area contributed by atoms with Crippen molar-refractivity contribution < 1.29 is 9.90 Å². The first-order valence-corrected chi connectivity index (χ1v) is 8.92. The lowest BCUT2D eigenvalue weighted by Crippen LogP contribution is -2.44. The summed E-state index contributed by atoms with van der Waals surface area (Å²) < 4.78 is 1.24. The number of rotatable bonds is 2. The van der Waals surface area contributed by atoms with Gasteiger partial charge in [-0.15, -0.1) is 0 Å². The van der Waals surface area contributed by atoms with Crippen LogP contribution >= 0.6 is 0 Å². The van der Waals surface area contributed by atoms with Crippen molar-refractivity contribution in [2.45, 2.75) is 38.2 Å². The minimum atomic E-state index is -0.628. The zero-order valence-electron chi connectivity index (χ0n) is 14.9. The molecule has 1 amide bonds. The Labute approximate surface area is 149 Å². The number of hydrogen-bond donors (Lipinski definition) is 2. The van der Waals surface area contributed by atoms with E-state index in [0.29, 0.717) is 18.8 Å². The van der Waals surface area contributed by atoms with Gasteiger partial charge in [-0.2, -0.15) is 0 Å². The van der Waals surface area contributed by atoms with E-state index in [1.807, 2.05) is 0 Å². The maximum atomic E-state index is 13.2. The Hall–Kier alpha value is -2.48. The molecular weight excluding hydrogens is 336 g/mol. The third kappa shape index (κ3) is 2.65. The van der Waals surface area contributed by atoms with Gasteiger partial charge in [0.2, 0.25) is 0 Å². The van der Waals surface area contributed by atoms with Gasteiger partial charge in [-0.25, -0.2) is 9.78 Å². The quantitative estimate of drug-likeness (QED) is 0.803. The number of amides is 1. The highest BCUT2D eigenvalue weighted by Crippen LogP contribution is 2.45. The van der Waals surface area contributed by atoms with Crippen molar-refractivity contribution >= 4 is 16.9 Å². The molecule has 0 spiro atoms. The second kappa shape index (κ2) is 5.77. The number of aliphatic hydroxyl groups is 1. The van der Waals surface area contributed by atoms with Crippen LogP contribution in [0.5, 0.6) is 0 Å². The van der Waals surface area contributed by atoms with E-state index in [1.54, 1.807) is 17.9 Å². The van der Waals surface area contributed by atoms with Crippen LogP contribution in [-0.4, -0.2) is 49.1 Å². The molecule has 8 nitrogen and oxygen atoms in total. The summed E-state index contributed by atoms with van der Waals surface area (Å²) in [6.07, 6.45) is 3.32. The van der Waals surface area contributed by atoms with Crippen LogP contribution in [0.3, 0.4) is 0 Å². The Morgan fingerprint density at radius 2 is 2.12 bits per heavy atom. The second-order valence-electron chi connectivity index (χ2n) is 7.52. The third-order valence-electron chi connectivity index (χ3n) is 5.66. The lowest BCUT2D eigenvalue weighted by molar-refractivity contribution is 0.0283. The van der Waals surface area contributed by atoms with Crippen LogP contribution in [0.15, 0.2) is 15.7 Å². The molecule has 1 aliphatic heterocycles. The minimum absolute atomic E-state index is 0.0806. The van der Waals surface area contributed by atoms with E-state index in [1.165, 1.54) is 11.6 Å². The predicted octanol–water partition coefficient (Wildman–Crippen LogP) is 0.307. The number of carbonyl (C=O) groups excluding carboxylic acids is 1. The number of hydrogen-bond acceptors (Lipinski definition) is 5. The van der Waals surface area contributed by atoms with Crippen LogP contribution in [-0.2, 0) is 7.05 Å². The number of aromatic nitrogens is 3. The zero-order valence-corrected chi connectivity index (χ0v) is 14.9. The van der Waals surface area contributed by atoms with Gasteiger partial charge in [-0.3, -0.25) is 19.1 Å². The summed E-state index contributed by atoms with van der Waals surface area (Å²) in [5, 5.41) is 10.5. The summed E-state index contributed by atoms with van der Waals surface area (Å²) >= 11 is 0. The van der Waals surface area contributed by atoms with E-state index in [9.17, 15) is 19.5 Å². The number of nitrogens with one attached hydrogen (secondary N) is 1. The van der Waals surface area contributed by atoms with Gasteiger partial charge in [0.1, 0.15) is 5.65 Å². The number of aryl methyl sites for hydroxylation is 2. The molecule has 2 aromatic rings. The molecule has 0 aromatic carbocycles. The largest absolute Gasteiger partial charge is 0.390 e. The molecule has 2 aliphatic rings. The average molecular weight is 358 g/mol. The SMILES string of the molecule is Cc1cc(C(=O)N2CCCC(C3(O)CC3)C2)c2c(=O)[nH]c(=O)n(C)c2n1. The number of pyridine rings is 1. The van der Waals surface area contributed by atoms with Crippen molar-refractivity contribution in [1.82, 2.24) is 19.4 Å². The van der Waals surface area contributed by atoms with Gasteiger partial charge in [0.25, 0.3) is 11.5 Å². The summed E-state index contributed by atoms with van der Waals surface area (Å²) in [5.74, 6) is -0.171. The Kier molecular flexibility index (Phi) is 3.76. The van der Waals surface area contributed by atoms with Crippen molar-refractivity contribution in [3.63, 3.8) is 0 Å². The number of H-pyrrole nitrogens is 1. The average Bonchev–Trinajstić information content (AvgIpc) is 3.37. The predicted molar refractivity (Wildman–Crippen MR) is 95.2 cm³/mol. The fourth-order valence-electron chi connectivity index (χ4n) is 3.94. The van der Waals surface area contributed by atoms with Gasteiger partial charge in [0, 0.05) is 31.7 Å². The molecule has 2 N–H and O–H groups in total. The van der Waals surface area contributed by atoms with E-state index in [4.69, 9.17) is 0 Å². The number of fused-ring (bicyclic) bond motifs is 1. The summed E-state index contributed by atoms with van der Waals surface area (Å²) in [5.41, 5.74) is -0.766. The van der Waals surface area contributed by atoms with E-state index in [2.05, 4.69) is 9.97 Å². The summed E-state index contributed by atoms with van der Waals surface area (Å²) in [6.45, 7) is 2.81. The van der Waals surface area contributed by atoms with Gasteiger partial charge in [0.15, 0.2) is 0 Å². The molecule has 1 saturated heterocycles. The zero-order chi connectivity index (χ0) is 18.6. The van der Waals surface area contributed by atoms with Crippen molar-refractivity contribution in [3.8, 4) is 0 Å². The van der Waals surface area contributed by atoms with E-state index < -0.39 is 16.9 Å². The second-order valence-corrected chi connectivity index (χ2v) is 7.52. The maximum absolute atomic E-state index is 13.2. The molecule has 3 heterocycles. The van der Waals surface area contributed by atoms with E-state index in [-0.39, 0.29) is 28.4 Å². The van der Waals surface area contributed by atoms with E-state index in [0.717, 1.165) is 25.7 Å². The Balaban J connectivity index is 1.78. The standard InChI is InChI=1S/C18H22N4O4/c1-10-8-12(13-14(19-10)21(2)17(25)20-15(13)23)16(24)22-7-3-4-11(9-22)18(26)5-6-18/h8,11,26H,3-7,9H2,1-2H3,(H,20,23,25). The van der Waals surface area contributed by atoms with Crippen LogP contribution in [0.1, 0.15) is 41.7 Å². The molecule has 0 bridgehead atoms. The number of aromatic amines is 1. The lowest BCUT2D eigenvalue weighted by atomic mass is 9.90. The minimum Gasteiger partial charge on any atom is -0.390 e. The monoisotopic (exact) mass is 358 g/mol. The van der Waals surface area contributed by atoms with Crippen LogP contribution in [0, 0.1) is 12.8 Å². The van der Waals surface area contributed by atoms with Crippen LogP contribution < -0.4 is 11.2 Å². The molecule has 1 unspecified atom stereocenters. The number of nitrogens with zero attached hydrogens (tertiary/aromatic N) is 3. The number of carbonyl (C=O) groups is 1. The number of piperidine rings is 1. The summed E-state index contributed by atoms with van der Waals surface area (Å²) in [6, 6.07) is 1.60. The molecule has 8 heteroatoms. The van der Waals surface area contributed by atoms with Gasteiger partial charge >= 0.3 is 5.69 Å². The molecule has 0 radical (unpaired) electrons. The summed E-state index contributed by atoms with van der Waals surface area (Å²) in [7, 11) is 1.51. The van der Waals surface area contributed by atoms with Crippen LogP contribution in [0.2, 0.25) is 0 Å². The first kappa shape index (κ1) is 17.0. The Bertz CT molecular complexity index is 1020. The molecular formula is C18H22N4O4. The molecule has 2 fully saturated rings. The van der Waals surface area contributed by atoms with Gasteiger partial charge in [-0.1, -0.05) is 0 Å². The highest BCUT2D eigenvalue weighted by Gasteiger charge is 2.49. The molecule has 2 aromatic heterocycles. The Morgan fingerprint density at radius 1 is 1.38 bits per heavy atom. The first-order chi connectivity index (χ1) is 12.3. The first-order valence-electron chi connectivity index (χ1n) is 8.92. The topological polar surface area (TPSA) is 108 Å². The highest BCUT2D eigenvalue weighted by molar-refractivity contribution is 6.05. The van der Waals surface area contributed by atoms with Gasteiger partial charge in [0.05, 0.1) is 16.6 Å². The summed E-state index contributed by atoms with van der Waals surface area (Å²) in [4.78, 5) is 45.7. The van der Waals surface area contributed by atoms with E-state index >= 15 is 0 Å². The van der Waals surface area contributed by atoms with Crippen molar-refractivity contribution in [2.24, 2.45) is 13.0 Å². The fraction of sp³-hybridized carbons (Fsp3) is 0.556. The third-order valence-corrected chi connectivity index (χ3v) is 5.66. The fourth-order valence-corrected chi connectivity index (χ4v) is 3.94. The molecule has 1 saturated carbocycles. The lowest BCUT2D eigenvalue weighted by Gasteiger charge is -2.35. The highest BCUT2D eigenvalue weighted by atomic mass is 16.3. The molecule has 4 rings (SSSR count). The Morgan fingerprint density at radius 3 is 2.81 bits per heavy atom. The van der Waals surface area contributed by atoms with Crippen molar-refractivity contribution in [3.05, 3.63) is 38.2 Å². The molecule has 26 heavy (non-hydrogen) atoms. The molecule has 1 aliphatic carbocycles. The van der Waals surface area contributed by atoms with Gasteiger partial charge in [-0.05, 0) is 38.7 Å². The van der Waals surface area contributed by atoms with Crippen molar-refractivity contribution in [1.29, 1.82) is 0 Å². The molecule has 1 atom stereocenters. The normalized spacial score (nSPS) is 21.8. The smallest absolute Gasteiger partial charge is 0.329 e. The number of likely N-dealkylation sites (tertiary alicyclic amines) is 1. The van der Waals surface area contributed by atoms with Crippen LogP contribution in [0.4, 0.5) is 0 Å². The molecule has 138 valence electrons. The maximum Gasteiger partial charge on any atom is 0.329 e.